The van der Waals surface area contributed by atoms with E-state index >= 15 is 0 Å². The number of nitrogens with one attached hydrogen (secondary N) is 1. The molecule has 8 heteroatoms. The SMILES string of the molecule is Cc1nc(-c2ccc(C)c(S(=O)(=O)NCc3ccc(F)cc3)c2)no1. The minimum absolute atomic E-state index is 0.0631. The molecule has 0 aliphatic carbocycles. The van der Waals surface area contributed by atoms with Gasteiger partial charge in [0.2, 0.25) is 21.7 Å². The molecule has 0 saturated heterocycles. The topological polar surface area (TPSA) is 85.1 Å². The van der Waals surface area contributed by atoms with Crippen LogP contribution in [0, 0.1) is 19.7 Å². The number of hydrogen-bond acceptors (Lipinski definition) is 5. The molecule has 0 radical (unpaired) electrons. The second-order valence-corrected chi connectivity index (χ2v) is 7.30. The van der Waals surface area contributed by atoms with Crippen LogP contribution >= 0.6 is 0 Å². The molecular formula is C17H16FN3O3S. The third-order valence-electron chi connectivity index (χ3n) is 3.64. The van der Waals surface area contributed by atoms with Gasteiger partial charge in [0.15, 0.2) is 0 Å². The van der Waals surface area contributed by atoms with E-state index in [1.807, 2.05) is 0 Å². The Balaban J connectivity index is 1.87. The van der Waals surface area contributed by atoms with Gasteiger partial charge in [-0.3, -0.25) is 0 Å². The van der Waals surface area contributed by atoms with Gasteiger partial charge in [-0.05, 0) is 36.2 Å². The fourth-order valence-corrected chi connectivity index (χ4v) is 3.59. The molecule has 3 aromatic rings. The fourth-order valence-electron chi connectivity index (χ4n) is 2.30. The summed E-state index contributed by atoms with van der Waals surface area (Å²) in [5, 5.41) is 3.80. The highest BCUT2D eigenvalue weighted by molar-refractivity contribution is 7.89. The van der Waals surface area contributed by atoms with Gasteiger partial charge in [0.25, 0.3) is 0 Å². The first kappa shape index (κ1) is 17.2. The molecule has 0 amide bonds. The van der Waals surface area contributed by atoms with Gasteiger partial charge < -0.3 is 4.52 Å². The number of aromatic nitrogens is 2. The van der Waals surface area contributed by atoms with Crippen LogP contribution in [-0.4, -0.2) is 18.6 Å². The van der Waals surface area contributed by atoms with E-state index < -0.39 is 10.0 Å². The minimum Gasteiger partial charge on any atom is -0.339 e. The number of nitrogens with zero attached hydrogens (tertiary/aromatic N) is 2. The number of hydrogen-bond donors (Lipinski definition) is 1. The van der Waals surface area contributed by atoms with Crippen LogP contribution in [0.3, 0.4) is 0 Å². The summed E-state index contributed by atoms with van der Waals surface area (Å²) in [5.74, 6) is 0.354. The number of rotatable bonds is 5. The maximum Gasteiger partial charge on any atom is 0.241 e. The molecule has 130 valence electrons. The largest absolute Gasteiger partial charge is 0.339 e. The number of sulfonamides is 1. The van der Waals surface area contributed by atoms with Crippen LogP contribution < -0.4 is 4.72 Å². The van der Waals surface area contributed by atoms with E-state index in [2.05, 4.69) is 14.9 Å². The van der Waals surface area contributed by atoms with E-state index in [9.17, 15) is 12.8 Å². The van der Waals surface area contributed by atoms with E-state index in [0.29, 0.717) is 28.4 Å². The van der Waals surface area contributed by atoms with Gasteiger partial charge in [0.1, 0.15) is 5.82 Å². The number of benzene rings is 2. The average molecular weight is 361 g/mol. The molecule has 0 saturated carbocycles. The van der Waals surface area contributed by atoms with Crippen LogP contribution in [0.4, 0.5) is 4.39 Å². The van der Waals surface area contributed by atoms with Gasteiger partial charge in [-0.25, -0.2) is 17.5 Å². The molecule has 0 aliphatic heterocycles. The zero-order valence-electron chi connectivity index (χ0n) is 13.7. The predicted molar refractivity (Wildman–Crippen MR) is 89.6 cm³/mol. The van der Waals surface area contributed by atoms with Gasteiger partial charge >= 0.3 is 0 Å². The summed E-state index contributed by atoms with van der Waals surface area (Å²) in [4.78, 5) is 4.24. The van der Waals surface area contributed by atoms with Crippen molar-refractivity contribution in [2.24, 2.45) is 0 Å². The third-order valence-corrected chi connectivity index (χ3v) is 5.19. The summed E-state index contributed by atoms with van der Waals surface area (Å²) in [6, 6.07) is 10.6. The Morgan fingerprint density at radius 3 is 2.48 bits per heavy atom. The van der Waals surface area contributed by atoms with E-state index in [0.717, 1.165) is 0 Å². The molecule has 1 N–H and O–H groups in total. The van der Waals surface area contributed by atoms with E-state index in [4.69, 9.17) is 4.52 Å². The molecule has 0 aliphatic rings. The first-order valence-corrected chi connectivity index (χ1v) is 8.99. The average Bonchev–Trinajstić information content (AvgIpc) is 3.01. The molecule has 1 aromatic heterocycles. The minimum atomic E-state index is -3.75. The van der Waals surface area contributed by atoms with Crippen molar-refractivity contribution in [2.75, 3.05) is 0 Å². The van der Waals surface area contributed by atoms with Crippen molar-refractivity contribution in [3.05, 3.63) is 65.3 Å². The Kier molecular flexibility index (Phi) is 4.65. The van der Waals surface area contributed by atoms with Crippen LogP contribution in [0.25, 0.3) is 11.4 Å². The van der Waals surface area contributed by atoms with E-state index in [1.165, 1.54) is 30.3 Å². The summed E-state index contributed by atoms with van der Waals surface area (Å²) in [7, 11) is -3.75. The molecule has 1 heterocycles. The lowest BCUT2D eigenvalue weighted by atomic mass is 10.1. The van der Waals surface area contributed by atoms with Crippen molar-refractivity contribution in [2.45, 2.75) is 25.3 Å². The Morgan fingerprint density at radius 1 is 1.12 bits per heavy atom. The van der Waals surface area contributed by atoms with Crippen molar-refractivity contribution >= 4 is 10.0 Å². The summed E-state index contributed by atoms with van der Waals surface area (Å²) in [5.41, 5.74) is 1.80. The molecular weight excluding hydrogens is 345 g/mol. The van der Waals surface area contributed by atoms with Crippen LogP contribution in [0.1, 0.15) is 17.0 Å². The van der Waals surface area contributed by atoms with Crippen LogP contribution in [-0.2, 0) is 16.6 Å². The highest BCUT2D eigenvalue weighted by Gasteiger charge is 2.19. The Bertz CT molecular complexity index is 998. The molecule has 6 nitrogen and oxygen atoms in total. The van der Waals surface area contributed by atoms with Crippen molar-refractivity contribution in [1.82, 2.24) is 14.9 Å². The lowest BCUT2D eigenvalue weighted by molar-refractivity contribution is 0.394. The quantitative estimate of drug-likeness (QED) is 0.755. The van der Waals surface area contributed by atoms with Crippen LogP contribution in [0.15, 0.2) is 51.9 Å². The van der Waals surface area contributed by atoms with Gasteiger partial charge in [-0.15, -0.1) is 0 Å². The lowest BCUT2D eigenvalue weighted by Crippen LogP contribution is -2.24. The monoisotopic (exact) mass is 361 g/mol. The summed E-state index contributed by atoms with van der Waals surface area (Å²) in [6.45, 7) is 3.43. The van der Waals surface area contributed by atoms with Gasteiger partial charge in [0, 0.05) is 19.0 Å². The first-order chi connectivity index (χ1) is 11.8. The van der Waals surface area contributed by atoms with Gasteiger partial charge in [0.05, 0.1) is 4.90 Å². The molecule has 0 bridgehead atoms. The third kappa shape index (κ3) is 3.92. The molecule has 2 aromatic carbocycles. The molecule has 3 rings (SSSR count). The van der Waals surface area contributed by atoms with Gasteiger partial charge in [-0.2, -0.15) is 4.98 Å². The second kappa shape index (κ2) is 6.73. The molecule has 0 spiro atoms. The van der Waals surface area contributed by atoms with Crippen molar-refractivity contribution in [1.29, 1.82) is 0 Å². The van der Waals surface area contributed by atoms with Crippen molar-refractivity contribution in [3.8, 4) is 11.4 Å². The summed E-state index contributed by atoms with van der Waals surface area (Å²) in [6.07, 6.45) is 0. The molecule has 0 atom stereocenters. The highest BCUT2D eigenvalue weighted by Crippen LogP contribution is 2.23. The fraction of sp³-hybridized carbons (Fsp3) is 0.176. The zero-order chi connectivity index (χ0) is 18.0. The summed E-state index contributed by atoms with van der Waals surface area (Å²) < 4.78 is 45.6. The highest BCUT2D eigenvalue weighted by atomic mass is 32.2. The number of halogens is 1. The standard InChI is InChI=1S/C17H16FN3O3S/c1-11-3-6-14(17-20-12(2)24-21-17)9-16(11)25(22,23)19-10-13-4-7-15(18)8-5-13/h3-9,19H,10H2,1-2H3. The van der Waals surface area contributed by atoms with E-state index in [-0.39, 0.29) is 17.3 Å². The zero-order valence-corrected chi connectivity index (χ0v) is 14.5. The second-order valence-electron chi connectivity index (χ2n) is 5.57. The Morgan fingerprint density at radius 2 is 1.84 bits per heavy atom. The van der Waals surface area contributed by atoms with Crippen molar-refractivity contribution < 1.29 is 17.3 Å². The van der Waals surface area contributed by atoms with Crippen LogP contribution in [0.5, 0.6) is 0 Å². The molecule has 0 fully saturated rings. The lowest BCUT2D eigenvalue weighted by Gasteiger charge is -2.10. The molecule has 0 unspecified atom stereocenters. The Labute approximate surface area is 144 Å². The molecule has 25 heavy (non-hydrogen) atoms. The normalized spacial score (nSPS) is 11.6. The predicted octanol–water partition coefficient (Wildman–Crippen LogP) is 2.97. The number of aryl methyl sites for hydroxylation is 2. The first-order valence-electron chi connectivity index (χ1n) is 7.50. The summed E-state index contributed by atoms with van der Waals surface area (Å²) >= 11 is 0. The van der Waals surface area contributed by atoms with Gasteiger partial charge in [-0.1, -0.05) is 29.4 Å². The van der Waals surface area contributed by atoms with Crippen LogP contribution in [0.2, 0.25) is 0 Å². The maximum absolute atomic E-state index is 12.9. The maximum atomic E-state index is 12.9. The Hall–Kier alpha value is -2.58. The van der Waals surface area contributed by atoms with E-state index in [1.54, 1.807) is 26.0 Å². The van der Waals surface area contributed by atoms with Crippen molar-refractivity contribution in [3.63, 3.8) is 0 Å². The smallest absolute Gasteiger partial charge is 0.241 e.